The van der Waals surface area contributed by atoms with Crippen LogP contribution in [0.5, 0.6) is 0 Å². The fourth-order valence-corrected chi connectivity index (χ4v) is 1.63. The van der Waals surface area contributed by atoms with Gasteiger partial charge in [0.05, 0.1) is 0 Å². The Morgan fingerprint density at radius 3 is 2.73 bits per heavy atom. The third-order valence-corrected chi connectivity index (χ3v) is 2.96. The molecule has 0 spiro atoms. The predicted octanol–water partition coefficient (Wildman–Crippen LogP) is 2.03. The number of rotatable bonds is 3. The molecule has 62 valence electrons. The Morgan fingerprint density at radius 2 is 2.36 bits per heavy atom. The van der Waals surface area contributed by atoms with Gasteiger partial charge in [0.1, 0.15) is 10.9 Å². The summed E-state index contributed by atoms with van der Waals surface area (Å²) in [6, 6.07) is 0. The highest BCUT2D eigenvalue weighted by molar-refractivity contribution is 9.10. The zero-order chi connectivity index (χ0) is 8.32. The van der Waals surface area contributed by atoms with Gasteiger partial charge in [-0.15, -0.1) is 0 Å². The zero-order valence-corrected chi connectivity index (χ0v) is 7.89. The highest BCUT2D eigenvalue weighted by Gasteiger charge is 2.42. The quantitative estimate of drug-likeness (QED) is 0.412. The van der Waals surface area contributed by atoms with Crippen molar-refractivity contribution in [3.8, 4) is 0 Å². The molecule has 0 bridgehead atoms. The van der Waals surface area contributed by atoms with Gasteiger partial charge in [0.15, 0.2) is 0 Å². The van der Waals surface area contributed by atoms with Crippen molar-refractivity contribution < 1.29 is 9.53 Å². The van der Waals surface area contributed by atoms with E-state index in [9.17, 15) is 4.79 Å². The lowest BCUT2D eigenvalue weighted by molar-refractivity contribution is -0.147. The SMILES string of the molecule is C=CCOC(=O)C1(Br)CCC1. The molecule has 1 aliphatic rings. The number of carbonyl (C=O) groups excluding carboxylic acids is 1. The van der Waals surface area contributed by atoms with E-state index in [1.165, 1.54) is 0 Å². The molecule has 0 heterocycles. The van der Waals surface area contributed by atoms with Gasteiger partial charge in [-0.2, -0.15) is 0 Å². The Hall–Kier alpha value is -0.310. The molecule has 0 radical (unpaired) electrons. The number of hydrogen-bond acceptors (Lipinski definition) is 2. The smallest absolute Gasteiger partial charge is 0.323 e. The van der Waals surface area contributed by atoms with Crippen LogP contribution in [-0.2, 0) is 9.53 Å². The van der Waals surface area contributed by atoms with Gasteiger partial charge in [-0.1, -0.05) is 28.6 Å². The van der Waals surface area contributed by atoms with E-state index < -0.39 is 0 Å². The van der Waals surface area contributed by atoms with Crippen LogP contribution >= 0.6 is 15.9 Å². The molecular weight excluding hydrogens is 208 g/mol. The summed E-state index contributed by atoms with van der Waals surface area (Å²) in [5, 5.41) is 0. The van der Waals surface area contributed by atoms with Crippen LogP contribution < -0.4 is 0 Å². The summed E-state index contributed by atoms with van der Waals surface area (Å²) in [6.07, 6.45) is 4.47. The first-order valence-corrected chi connectivity index (χ1v) is 4.45. The van der Waals surface area contributed by atoms with Gasteiger partial charge in [-0.05, 0) is 19.3 Å². The predicted molar refractivity (Wildman–Crippen MR) is 46.7 cm³/mol. The first-order valence-electron chi connectivity index (χ1n) is 3.66. The largest absolute Gasteiger partial charge is 0.460 e. The van der Waals surface area contributed by atoms with Crippen molar-refractivity contribution in [2.24, 2.45) is 0 Å². The first-order chi connectivity index (χ1) is 5.19. The zero-order valence-electron chi connectivity index (χ0n) is 6.31. The molecule has 1 saturated carbocycles. The Balaban J connectivity index is 2.34. The van der Waals surface area contributed by atoms with Gasteiger partial charge in [-0.3, -0.25) is 4.79 Å². The van der Waals surface area contributed by atoms with Gasteiger partial charge >= 0.3 is 5.97 Å². The number of alkyl halides is 1. The first kappa shape index (κ1) is 8.78. The maximum atomic E-state index is 11.2. The van der Waals surface area contributed by atoms with Gasteiger partial charge in [0, 0.05) is 0 Å². The van der Waals surface area contributed by atoms with E-state index in [4.69, 9.17) is 4.74 Å². The maximum absolute atomic E-state index is 11.2. The van der Waals surface area contributed by atoms with E-state index in [1.807, 2.05) is 0 Å². The fourth-order valence-electron chi connectivity index (χ4n) is 0.955. The Kier molecular flexibility index (Phi) is 2.71. The maximum Gasteiger partial charge on any atom is 0.323 e. The van der Waals surface area contributed by atoms with Crippen molar-refractivity contribution >= 4 is 21.9 Å². The van der Waals surface area contributed by atoms with Crippen molar-refractivity contribution in [2.45, 2.75) is 23.6 Å². The van der Waals surface area contributed by atoms with E-state index in [0.717, 1.165) is 19.3 Å². The highest BCUT2D eigenvalue weighted by atomic mass is 79.9. The molecule has 0 saturated heterocycles. The van der Waals surface area contributed by atoms with Crippen LogP contribution in [-0.4, -0.2) is 16.9 Å². The molecule has 0 aliphatic heterocycles. The Morgan fingerprint density at radius 1 is 1.73 bits per heavy atom. The third kappa shape index (κ3) is 1.83. The Bertz CT molecular complexity index is 173. The molecule has 0 N–H and O–H groups in total. The van der Waals surface area contributed by atoms with Crippen LogP contribution in [0, 0.1) is 0 Å². The number of carbonyl (C=O) groups is 1. The number of esters is 1. The molecule has 1 rings (SSSR count). The van der Waals surface area contributed by atoms with Crippen molar-refractivity contribution in [1.82, 2.24) is 0 Å². The van der Waals surface area contributed by atoms with Crippen LogP contribution in [0.25, 0.3) is 0 Å². The molecule has 1 aliphatic carbocycles. The van der Waals surface area contributed by atoms with Crippen LogP contribution in [0.1, 0.15) is 19.3 Å². The van der Waals surface area contributed by atoms with Crippen molar-refractivity contribution in [3.05, 3.63) is 12.7 Å². The van der Waals surface area contributed by atoms with Gasteiger partial charge < -0.3 is 4.74 Å². The number of ether oxygens (including phenoxy) is 1. The van der Waals surface area contributed by atoms with E-state index in [2.05, 4.69) is 22.5 Å². The molecule has 3 heteroatoms. The lowest BCUT2D eigenvalue weighted by Gasteiger charge is -2.33. The molecule has 1 fully saturated rings. The van der Waals surface area contributed by atoms with Crippen LogP contribution in [0.2, 0.25) is 0 Å². The molecule has 0 atom stereocenters. The molecular formula is C8H11BrO2. The monoisotopic (exact) mass is 218 g/mol. The van der Waals surface area contributed by atoms with Gasteiger partial charge in [-0.25, -0.2) is 0 Å². The second-order valence-electron chi connectivity index (χ2n) is 2.71. The Labute approximate surface area is 74.7 Å². The van der Waals surface area contributed by atoms with Crippen LogP contribution in [0.15, 0.2) is 12.7 Å². The summed E-state index contributed by atoms with van der Waals surface area (Å²) in [5.41, 5.74) is 0. The topological polar surface area (TPSA) is 26.3 Å². The minimum Gasteiger partial charge on any atom is -0.460 e. The standard InChI is InChI=1S/C8H11BrO2/c1-2-6-11-7(10)8(9)4-3-5-8/h2H,1,3-6H2. The third-order valence-electron chi connectivity index (χ3n) is 1.84. The van der Waals surface area contributed by atoms with Crippen molar-refractivity contribution in [1.29, 1.82) is 0 Å². The molecule has 0 unspecified atom stereocenters. The molecule has 0 amide bonds. The van der Waals surface area contributed by atoms with Gasteiger partial charge in [0.2, 0.25) is 0 Å². The van der Waals surface area contributed by atoms with E-state index >= 15 is 0 Å². The van der Waals surface area contributed by atoms with E-state index in [1.54, 1.807) is 6.08 Å². The minimum atomic E-state index is -0.365. The summed E-state index contributed by atoms with van der Waals surface area (Å²) < 4.78 is 4.53. The van der Waals surface area contributed by atoms with Crippen LogP contribution in [0.3, 0.4) is 0 Å². The van der Waals surface area contributed by atoms with E-state index in [0.29, 0.717) is 6.61 Å². The van der Waals surface area contributed by atoms with Crippen LogP contribution in [0.4, 0.5) is 0 Å². The lowest BCUT2D eigenvalue weighted by Crippen LogP contribution is -2.40. The number of hydrogen-bond donors (Lipinski definition) is 0. The van der Waals surface area contributed by atoms with Crippen molar-refractivity contribution in [3.63, 3.8) is 0 Å². The molecule has 11 heavy (non-hydrogen) atoms. The summed E-state index contributed by atoms with van der Waals surface area (Å²) in [5.74, 6) is -0.149. The lowest BCUT2D eigenvalue weighted by atomic mass is 9.85. The second kappa shape index (κ2) is 3.39. The molecule has 0 aromatic heterocycles. The number of halogens is 1. The molecule has 0 aromatic carbocycles. The van der Waals surface area contributed by atoms with E-state index in [-0.39, 0.29) is 10.3 Å². The highest BCUT2D eigenvalue weighted by Crippen LogP contribution is 2.41. The fraction of sp³-hybridized carbons (Fsp3) is 0.625. The summed E-state index contributed by atoms with van der Waals surface area (Å²) >= 11 is 3.35. The average molecular weight is 219 g/mol. The normalized spacial score (nSPS) is 20.1. The summed E-state index contributed by atoms with van der Waals surface area (Å²) in [4.78, 5) is 11.2. The summed E-state index contributed by atoms with van der Waals surface area (Å²) in [6.45, 7) is 3.78. The minimum absolute atomic E-state index is 0.149. The molecule has 2 nitrogen and oxygen atoms in total. The average Bonchev–Trinajstić information content (AvgIpc) is 1.95. The van der Waals surface area contributed by atoms with Crippen molar-refractivity contribution in [2.75, 3.05) is 6.61 Å². The van der Waals surface area contributed by atoms with Gasteiger partial charge in [0.25, 0.3) is 0 Å². The molecule has 0 aromatic rings. The second-order valence-corrected chi connectivity index (χ2v) is 4.22. The summed E-state index contributed by atoms with van der Waals surface area (Å²) in [7, 11) is 0.